The lowest BCUT2D eigenvalue weighted by Crippen LogP contribution is -2.05. The Morgan fingerprint density at radius 2 is 1.73 bits per heavy atom. The van der Waals surface area contributed by atoms with Gasteiger partial charge in [0, 0.05) is 29.1 Å². The predicted molar refractivity (Wildman–Crippen MR) is 154 cm³/mol. The number of aryl methyl sites for hydroxylation is 1. The van der Waals surface area contributed by atoms with Crippen LogP contribution in [0.15, 0.2) is 67.0 Å². The zero-order chi connectivity index (χ0) is 28.6. The van der Waals surface area contributed by atoms with Crippen LogP contribution in [0, 0.1) is 12.7 Å². The van der Waals surface area contributed by atoms with Crippen molar-refractivity contribution in [2.45, 2.75) is 46.1 Å². The highest BCUT2D eigenvalue weighted by Crippen LogP contribution is 2.38. The number of H-pyrrole nitrogens is 1. The summed E-state index contributed by atoms with van der Waals surface area (Å²) in [4.78, 5) is 23.4. The van der Waals surface area contributed by atoms with Crippen molar-refractivity contribution in [3.8, 4) is 23.1 Å². The van der Waals surface area contributed by atoms with Gasteiger partial charge in [0.25, 0.3) is 0 Å². The van der Waals surface area contributed by atoms with Gasteiger partial charge in [-0.2, -0.15) is 0 Å². The number of aromatic amines is 1. The fourth-order valence-electron chi connectivity index (χ4n) is 4.52. The van der Waals surface area contributed by atoms with Gasteiger partial charge >= 0.3 is 5.97 Å². The van der Waals surface area contributed by atoms with E-state index >= 15 is 4.39 Å². The Hall–Kier alpha value is -4.66. The molecule has 0 aliphatic rings. The van der Waals surface area contributed by atoms with Crippen LogP contribution in [0.2, 0.25) is 0 Å². The van der Waals surface area contributed by atoms with Crippen molar-refractivity contribution >= 4 is 27.8 Å². The Bertz CT molecular complexity index is 1640. The number of esters is 1. The summed E-state index contributed by atoms with van der Waals surface area (Å²) in [6.07, 6.45) is 4.03. The zero-order valence-electron chi connectivity index (χ0n) is 23.1. The second-order valence-corrected chi connectivity index (χ2v) is 9.63. The molecule has 0 saturated heterocycles. The molecule has 5 rings (SSSR count). The van der Waals surface area contributed by atoms with E-state index in [1.807, 2.05) is 37.3 Å². The molecule has 2 heterocycles. The Morgan fingerprint density at radius 3 is 2.56 bits per heavy atom. The third-order valence-corrected chi connectivity index (χ3v) is 6.53. The number of nitrogens with one attached hydrogen (secondary N) is 1. The molecule has 1 N–H and O–H groups in total. The van der Waals surface area contributed by atoms with E-state index in [1.54, 1.807) is 37.3 Å². The smallest absolute Gasteiger partial charge is 0.305 e. The molecule has 0 aliphatic carbocycles. The molecule has 41 heavy (non-hydrogen) atoms. The lowest BCUT2D eigenvalue weighted by atomic mass is 10.2. The van der Waals surface area contributed by atoms with Crippen LogP contribution in [-0.2, 0) is 16.1 Å². The van der Waals surface area contributed by atoms with Crippen LogP contribution in [0.5, 0.6) is 23.1 Å². The van der Waals surface area contributed by atoms with Crippen molar-refractivity contribution in [3.05, 3.63) is 84.1 Å². The van der Waals surface area contributed by atoms with Crippen molar-refractivity contribution in [3.63, 3.8) is 0 Å². The van der Waals surface area contributed by atoms with Gasteiger partial charge < -0.3 is 23.9 Å². The molecule has 2 aromatic heterocycles. The quantitative estimate of drug-likeness (QED) is 0.119. The number of aromatic nitrogens is 3. The summed E-state index contributed by atoms with van der Waals surface area (Å²) in [5.41, 5.74) is 3.13. The molecular weight excluding hydrogens is 525 g/mol. The minimum absolute atomic E-state index is 0.0602. The van der Waals surface area contributed by atoms with E-state index in [9.17, 15) is 4.79 Å². The molecule has 5 aromatic rings. The normalized spacial score (nSPS) is 11.1. The molecule has 0 spiro atoms. The van der Waals surface area contributed by atoms with Crippen molar-refractivity contribution in [1.29, 1.82) is 0 Å². The molecular formula is C32H32FN3O5. The van der Waals surface area contributed by atoms with Gasteiger partial charge in [-0.1, -0.05) is 30.3 Å². The third-order valence-electron chi connectivity index (χ3n) is 6.53. The van der Waals surface area contributed by atoms with Gasteiger partial charge in [-0.3, -0.25) is 4.79 Å². The van der Waals surface area contributed by atoms with Crippen LogP contribution in [0.3, 0.4) is 0 Å². The Morgan fingerprint density at radius 1 is 0.902 bits per heavy atom. The van der Waals surface area contributed by atoms with Gasteiger partial charge in [0.15, 0.2) is 23.1 Å². The van der Waals surface area contributed by atoms with Crippen molar-refractivity contribution < 1.29 is 28.1 Å². The van der Waals surface area contributed by atoms with E-state index in [4.69, 9.17) is 18.9 Å². The first-order valence-electron chi connectivity index (χ1n) is 13.7. The number of hydrogen-bond acceptors (Lipinski definition) is 7. The Kier molecular flexibility index (Phi) is 8.93. The first kappa shape index (κ1) is 27.9. The van der Waals surface area contributed by atoms with Crippen molar-refractivity contribution in [2.75, 3.05) is 13.2 Å². The van der Waals surface area contributed by atoms with Crippen molar-refractivity contribution in [2.24, 2.45) is 0 Å². The minimum atomic E-state index is -0.472. The van der Waals surface area contributed by atoms with Crippen LogP contribution >= 0.6 is 0 Å². The average Bonchev–Trinajstić information content (AvgIpc) is 3.37. The summed E-state index contributed by atoms with van der Waals surface area (Å²) in [5.74, 6) is 0.623. The summed E-state index contributed by atoms with van der Waals surface area (Å²) < 4.78 is 38.5. The number of carbonyl (C=O) groups excluding carboxylic acids is 1. The van der Waals surface area contributed by atoms with Gasteiger partial charge in [0.2, 0.25) is 5.88 Å². The highest BCUT2D eigenvalue weighted by molar-refractivity contribution is 5.87. The molecule has 0 amide bonds. The number of rotatable bonds is 13. The van der Waals surface area contributed by atoms with E-state index in [-0.39, 0.29) is 17.6 Å². The topological polar surface area (TPSA) is 95.6 Å². The van der Waals surface area contributed by atoms with Gasteiger partial charge in [-0.25, -0.2) is 14.4 Å². The van der Waals surface area contributed by atoms with Crippen LogP contribution in [-0.4, -0.2) is 34.1 Å². The van der Waals surface area contributed by atoms with Crippen LogP contribution in [0.1, 0.15) is 43.9 Å². The standard InChI is InChI=1S/C32H32FN3O5/c1-3-38-30(37)12-8-5-9-15-39-28-17-24-26(18-29(28)40-19-22-10-6-4-7-11-22)34-20-35-32(24)41-27-14-13-25-23(31(27)33)16-21(2)36-25/h4,6-7,10-11,13-14,16-18,20,36H,3,5,8-9,12,15,19H2,1-2H3. The molecule has 0 unspecified atom stereocenters. The third kappa shape index (κ3) is 6.92. The lowest BCUT2D eigenvalue weighted by Gasteiger charge is -2.15. The number of nitrogens with zero attached hydrogens (tertiary/aromatic N) is 2. The maximum Gasteiger partial charge on any atom is 0.305 e. The van der Waals surface area contributed by atoms with Gasteiger partial charge in [0.05, 0.1) is 24.1 Å². The van der Waals surface area contributed by atoms with E-state index in [0.29, 0.717) is 59.5 Å². The molecule has 9 heteroatoms. The molecule has 212 valence electrons. The van der Waals surface area contributed by atoms with E-state index in [0.717, 1.165) is 30.5 Å². The molecule has 3 aromatic carbocycles. The van der Waals surface area contributed by atoms with Gasteiger partial charge in [-0.05, 0) is 62.9 Å². The second-order valence-electron chi connectivity index (χ2n) is 9.63. The minimum Gasteiger partial charge on any atom is -0.490 e. The van der Waals surface area contributed by atoms with E-state index < -0.39 is 5.82 Å². The van der Waals surface area contributed by atoms with Crippen LogP contribution < -0.4 is 14.2 Å². The summed E-state index contributed by atoms with van der Waals surface area (Å²) in [7, 11) is 0. The monoisotopic (exact) mass is 557 g/mol. The van der Waals surface area contributed by atoms with E-state index in [1.165, 1.54) is 6.33 Å². The largest absolute Gasteiger partial charge is 0.490 e. The first-order chi connectivity index (χ1) is 20.0. The first-order valence-corrected chi connectivity index (χ1v) is 13.7. The fourth-order valence-corrected chi connectivity index (χ4v) is 4.52. The average molecular weight is 558 g/mol. The predicted octanol–water partition coefficient (Wildman–Crippen LogP) is 7.43. The van der Waals surface area contributed by atoms with Gasteiger partial charge in [0.1, 0.15) is 12.9 Å². The fraction of sp³-hybridized carbons (Fsp3) is 0.281. The number of hydrogen-bond donors (Lipinski definition) is 1. The highest BCUT2D eigenvalue weighted by atomic mass is 19.1. The lowest BCUT2D eigenvalue weighted by molar-refractivity contribution is -0.143. The number of benzene rings is 3. The Labute approximate surface area is 237 Å². The number of unbranched alkanes of at least 4 members (excludes halogenated alkanes) is 2. The van der Waals surface area contributed by atoms with E-state index in [2.05, 4.69) is 15.0 Å². The van der Waals surface area contributed by atoms with Gasteiger partial charge in [-0.15, -0.1) is 0 Å². The number of carbonyl (C=O) groups is 1. The van der Waals surface area contributed by atoms with Crippen LogP contribution in [0.4, 0.5) is 4.39 Å². The Balaban J connectivity index is 1.38. The maximum absolute atomic E-state index is 15.3. The summed E-state index contributed by atoms with van der Waals surface area (Å²) in [5, 5.41) is 1.00. The molecule has 0 bridgehead atoms. The molecule has 0 radical (unpaired) electrons. The molecule has 0 saturated carbocycles. The molecule has 8 nitrogen and oxygen atoms in total. The van der Waals surface area contributed by atoms with Crippen LogP contribution in [0.25, 0.3) is 21.8 Å². The highest BCUT2D eigenvalue weighted by Gasteiger charge is 2.17. The van der Waals surface area contributed by atoms with Crippen molar-refractivity contribution in [1.82, 2.24) is 15.0 Å². The molecule has 0 fully saturated rings. The maximum atomic E-state index is 15.3. The SMILES string of the molecule is CCOC(=O)CCCCCOc1cc2c(Oc3ccc4[nH]c(C)cc4c3F)ncnc2cc1OCc1ccccc1. The zero-order valence-corrected chi connectivity index (χ0v) is 23.1. The second kappa shape index (κ2) is 13.1. The summed E-state index contributed by atoms with van der Waals surface area (Å²) in [6.45, 7) is 4.82. The molecule has 0 aliphatic heterocycles. The summed E-state index contributed by atoms with van der Waals surface area (Å²) >= 11 is 0. The number of halogens is 1. The number of fused-ring (bicyclic) bond motifs is 2. The summed E-state index contributed by atoms with van der Waals surface area (Å²) in [6, 6.07) is 18.5. The molecule has 0 atom stereocenters. The number of ether oxygens (including phenoxy) is 4.